The Balaban J connectivity index is 2.42. The third-order valence-corrected chi connectivity index (χ3v) is 2.98. The number of fused-ring (bicyclic) bond motifs is 1. The van der Waals surface area contributed by atoms with Gasteiger partial charge in [0.05, 0.1) is 12.9 Å². The van der Waals surface area contributed by atoms with Crippen LogP contribution in [0.4, 0.5) is 0 Å². The molecule has 0 aliphatic carbocycles. The molecule has 0 unspecified atom stereocenters. The SMILES string of the molecule is COc1ccc2cccc(CC(N)=NC(C)C)c2c1. The standard InChI is InChI=1S/C16H20N2O/c1-11(2)18-16(17)9-13-6-4-5-12-7-8-14(19-3)10-15(12)13/h4-8,10-11H,9H2,1-3H3,(H2,17,18). The van der Waals surface area contributed by atoms with E-state index in [1.807, 2.05) is 32.0 Å². The number of benzene rings is 2. The van der Waals surface area contributed by atoms with E-state index in [4.69, 9.17) is 10.5 Å². The summed E-state index contributed by atoms with van der Waals surface area (Å²) in [6.07, 6.45) is 0.669. The lowest BCUT2D eigenvalue weighted by molar-refractivity contribution is 0.415. The fourth-order valence-electron chi connectivity index (χ4n) is 2.17. The van der Waals surface area contributed by atoms with Crippen LogP contribution < -0.4 is 10.5 Å². The van der Waals surface area contributed by atoms with Crippen LogP contribution in [0, 0.1) is 0 Å². The number of aliphatic imine (C=N–C) groups is 1. The first-order chi connectivity index (χ1) is 9.10. The lowest BCUT2D eigenvalue weighted by Crippen LogP contribution is -2.17. The monoisotopic (exact) mass is 256 g/mol. The number of rotatable bonds is 4. The highest BCUT2D eigenvalue weighted by atomic mass is 16.5. The Labute approximate surface area is 114 Å². The van der Waals surface area contributed by atoms with Crippen LogP contribution in [0.1, 0.15) is 19.4 Å². The van der Waals surface area contributed by atoms with Crippen molar-refractivity contribution >= 4 is 16.6 Å². The van der Waals surface area contributed by atoms with Crippen LogP contribution >= 0.6 is 0 Å². The summed E-state index contributed by atoms with van der Waals surface area (Å²) in [5.74, 6) is 1.53. The summed E-state index contributed by atoms with van der Waals surface area (Å²) in [5, 5.41) is 2.36. The fraction of sp³-hybridized carbons (Fsp3) is 0.312. The van der Waals surface area contributed by atoms with Gasteiger partial charge in [-0.05, 0) is 42.3 Å². The van der Waals surface area contributed by atoms with E-state index < -0.39 is 0 Å². The van der Waals surface area contributed by atoms with E-state index >= 15 is 0 Å². The van der Waals surface area contributed by atoms with Crippen LogP contribution in [0.2, 0.25) is 0 Å². The minimum atomic E-state index is 0.226. The van der Waals surface area contributed by atoms with Crippen molar-refractivity contribution < 1.29 is 4.74 Å². The maximum Gasteiger partial charge on any atom is 0.119 e. The summed E-state index contributed by atoms with van der Waals surface area (Å²) in [6, 6.07) is 12.5. The predicted octanol–water partition coefficient (Wildman–Crippen LogP) is 3.16. The van der Waals surface area contributed by atoms with Crippen molar-refractivity contribution in [1.82, 2.24) is 0 Å². The number of ether oxygens (including phenoxy) is 1. The average Bonchev–Trinajstić information content (AvgIpc) is 2.37. The summed E-state index contributed by atoms with van der Waals surface area (Å²) < 4.78 is 5.29. The first-order valence-corrected chi connectivity index (χ1v) is 6.48. The summed E-state index contributed by atoms with van der Waals surface area (Å²) >= 11 is 0. The second-order valence-corrected chi connectivity index (χ2v) is 4.90. The first kappa shape index (κ1) is 13.4. The van der Waals surface area contributed by atoms with Crippen molar-refractivity contribution in [2.45, 2.75) is 26.3 Å². The molecule has 19 heavy (non-hydrogen) atoms. The molecule has 0 radical (unpaired) electrons. The third-order valence-electron chi connectivity index (χ3n) is 2.98. The Morgan fingerprint density at radius 1 is 1.26 bits per heavy atom. The van der Waals surface area contributed by atoms with Gasteiger partial charge >= 0.3 is 0 Å². The van der Waals surface area contributed by atoms with Gasteiger partial charge < -0.3 is 10.5 Å². The molecule has 2 N–H and O–H groups in total. The molecule has 2 aromatic carbocycles. The lowest BCUT2D eigenvalue weighted by atomic mass is 10.0. The van der Waals surface area contributed by atoms with Crippen molar-refractivity contribution in [3.8, 4) is 5.75 Å². The van der Waals surface area contributed by atoms with Gasteiger partial charge in [-0.2, -0.15) is 0 Å². The molecule has 0 aliphatic heterocycles. The second-order valence-electron chi connectivity index (χ2n) is 4.90. The average molecular weight is 256 g/mol. The van der Waals surface area contributed by atoms with Gasteiger partial charge in [-0.25, -0.2) is 0 Å². The van der Waals surface area contributed by atoms with Crippen LogP contribution in [0.3, 0.4) is 0 Å². The first-order valence-electron chi connectivity index (χ1n) is 6.48. The molecule has 3 nitrogen and oxygen atoms in total. The minimum absolute atomic E-state index is 0.226. The molecule has 2 rings (SSSR count). The molecule has 0 saturated carbocycles. The maximum atomic E-state index is 5.99. The van der Waals surface area contributed by atoms with Gasteiger partial charge in [0.25, 0.3) is 0 Å². The quantitative estimate of drug-likeness (QED) is 0.674. The maximum absolute atomic E-state index is 5.99. The summed E-state index contributed by atoms with van der Waals surface area (Å²) in [4.78, 5) is 4.39. The van der Waals surface area contributed by atoms with Gasteiger partial charge in [0.1, 0.15) is 5.75 Å². The molecule has 0 spiro atoms. The van der Waals surface area contributed by atoms with Crippen LogP contribution in [-0.2, 0) is 6.42 Å². The minimum Gasteiger partial charge on any atom is -0.497 e. The molecule has 100 valence electrons. The molecule has 0 bridgehead atoms. The molecule has 0 amide bonds. The van der Waals surface area contributed by atoms with Crippen LogP contribution in [0.5, 0.6) is 5.75 Å². The van der Waals surface area contributed by atoms with Crippen molar-refractivity contribution in [2.24, 2.45) is 10.7 Å². The molecule has 0 aliphatic rings. The molecular formula is C16H20N2O. The molecule has 2 aromatic rings. The Morgan fingerprint density at radius 3 is 2.74 bits per heavy atom. The Hall–Kier alpha value is -2.03. The van der Waals surface area contributed by atoms with Crippen LogP contribution in [-0.4, -0.2) is 19.0 Å². The molecule has 3 heteroatoms. The van der Waals surface area contributed by atoms with Crippen molar-refractivity contribution in [2.75, 3.05) is 7.11 Å². The number of hydrogen-bond donors (Lipinski definition) is 1. The summed E-state index contributed by atoms with van der Waals surface area (Å²) in [6.45, 7) is 4.05. The predicted molar refractivity (Wildman–Crippen MR) is 81.0 cm³/mol. The highest BCUT2D eigenvalue weighted by Gasteiger charge is 2.05. The van der Waals surface area contributed by atoms with Crippen molar-refractivity contribution in [3.63, 3.8) is 0 Å². The van der Waals surface area contributed by atoms with E-state index in [0.717, 1.165) is 5.75 Å². The van der Waals surface area contributed by atoms with E-state index in [1.54, 1.807) is 7.11 Å². The molecule has 0 saturated heterocycles. The normalized spacial score (nSPS) is 12.1. The Bertz CT molecular complexity index is 603. The molecule has 0 heterocycles. The zero-order chi connectivity index (χ0) is 13.8. The largest absolute Gasteiger partial charge is 0.497 e. The van der Waals surface area contributed by atoms with Crippen molar-refractivity contribution in [3.05, 3.63) is 42.0 Å². The summed E-state index contributed by atoms with van der Waals surface area (Å²) in [7, 11) is 1.68. The smallest absolute Gasteiger partial charge is 0.119 e. The van der Waals surface area contributed by atoms with E-state index in [9.17, 15) is 0 Å². The fourth-order valence-corrected chi connectivity index (χ4v) is 2.17. The molecular weight excluding hydrogens is 236 g/mol. The van der Waals surface area contributed by atoms with Gasteiger partial charge in [-0.3, -0.25) is 4.99 Å². The van der Waals surface area contributed by atoms with Gasteiger partial charge in [0, 0.05) is 12.5 Å². The number of methoxy groups -OCH3 is 1. The summed E-state index contributed by atoms with van der Waals surface area (Å²) in [5.41, 5.74) is 7.17. The van der Waals surface area contributed by atoms with Crippen LogP contribution in [0.25, 0.3) is 10.8 Å². The highest BCUT2D eigenvalue weighted by Crippen LogP contribution is 2.24. The molecule has 0 fully saturated rings. The second kappa shape index (κ2) is 5.74. The topological polar surface area (TPSA) is 47.6 Å². The molecule has 0 aromatic heterocycles. The Morgan fingerprint density at radius 2 is 2.05 bits per heavy atom. The number of nitrogens with zero attached hydrogens (tertiary/aromatic N) is 1. The van der Waals surface area contributed by atoms with Gasteiger partial charge in [-0.15, -0.1) is 0 Å². The highest BCUT2D eigenvalue weighted by molar-refractivity contribution is 5.92. The van der Waals surface area contributed by atoms with Gasteiger partial charge in [-0.1, -0.05) is 24.3 Å². The number of nitrogens with two attached hydrogens (primary N) is 1. The van der Waals surface area contributed by atoms with Crippen LogP contribution in [0.15, 0.2) is 41.4 Å². The number of amidine groups is 1. The number of hydrogen-bond acceptors (Lipinski definition) is 2. The van der Waals surface area contributed by atoms with E-state index in [-0.39, 0.29) is 6.04 Å². The zero-order valence-electron chi connectivity index (χ0n) is 11.7. The zero-order valence-corrected chi connectivity index (χ0v) is 11.7. The van der Waals surface area contributed by atoms with Crippen molar-refractivity contribution in [1.29, 1.82) is 0 Å². The van der Waals surface area contributed by atoms with Gasteiger partial charge in [0.15, 0.2) is 0 Å². The third kappa shape index (κ3) is 3.25. The lowest BCUT2D eigenvalue weighted by Gasteiger charge is -2.09. The molecule has 0 atom stereocenters. The van der Waals surface area contributed by atoms with Gasteiger partial charge in [0.2, 0.25) is 0 Å². The Kier molecular flexibility index (Phi) is 4.05. The van der Waals surface area contributed by atoms with E-state index in [2.05, 4.69) is 23.2 Å². The van der Waals surface area contributed by atoms with E-state index in [0.29, 0.717) is 12.3 Å². The van der Waals surface area contributed by atoms with E-state index in [1.165, 1.54) is 16.3 Å².